The van der Waals surface area contributed by atoms with Crippen LogP contribution in [0.4, 0.5) is 13.2 Å². The molecule has 1 heterocycles. The van der Waals surface area contributed by atoms with Crippen molar-refractivity contribution in [3.05, 3.63) is 0 Å². The summed E-state index contributed by atoms with van der Waals surface area (Å²) < 4.78 is 35.9. The summed E-state index contributed by atoms with van der Waals surface area (Å²) in [5.41, 5.74) is 0. The fraction of sp³-hybridized carbons (Fsp3) is 1.00. The highest BCUT2D eigenvalue weighted by Gasteiger charge is 2.38. The Morgan fingerprint density at radius 1 is 1.33 bits per heavy atom. The number of alkyl halides is 3. The average Bonchev–Trinajstić information content (AvgIpc) is 2.06. The van der Waals surface area contributed by atoms with E-state index < -0.39 is 12.6 Å². The lowest BCUT2D eigenvalue weighted by Crippen LogP contribution is -2.28. The van der Waals surface area contributed by atoms with Crippen molar-refractivity contribution in [2.75, 3.05) is 0 Å². The largest absolute Gasteiger partial charge is 0.389 e. The topological polar surface area (TPSA) is 12.0 Å². The number of nitrogens with one attached hydrogen (secondary N) is 1. The summed E-state index contributed by atoms with van der Waals surface area (Å²) in [5, 5.41) is 3.09. The van der Waals surface area contributed by atoms with Crippen LogP contribution < -0.4 is 5.32 Å². The Labute approximate surface area is 70.3 Å². The van der Waals surface area contributed by atoms with Gasteiger partial charge in [0.05, 0.1) is 0 Å². The van der Waals surface area contributed by atoms with Gasteiger partial charge >= 0.3 is 6.18 Å². The molecule has 0 saturated carbocycles. The molecule has 0 radical (unpaired) electrons. The van der Waals surface area contributed by atoms with Gasteiger partial charge in [-0.1, -0.05) is 0 Å². The SMILES string of the molecule is C[C@H]1C[C@@H](CC(F)(F)F)[C@@H](C)N1. The fourth-order valence-corrected chi connectivity index (χ4v) is 1.87. The van der Waals surface area contributed by atoms with Crippen molar-refractivity contribution in [1.82, 2.24) is 5.32 Å². The molecule has 0 aliphatic carbocycles. The van der Waals surface area contributed by atoms with E-state index in [9.17, 15) is 13.2 Å². The summed E-state index contributed by atoms with van der Waals surface area (Å²) in [6.45, 7) is 3.74. The molecule has 0 aromatic rings. The highest BCUT2D eigenvalue weighted by atomic mass is 19.4. The lowest BCUT2D eigenvalue weighted by molar-refractivity contribution is -0.144. The minimum Gasteiger partial charge on any atom is -0.311 e. The summed E-state index contributed by atoms with van der Waals surface area (Å²) in [4.78, 5) is 0. The monoisotopic (exact) mass is 181 g/mol. The van der Waals surface area contributed by atoms with Crippen LogP contribution in [0.25, 0.3) is 0 Å². The van der Waals surface area contributed by atoms with Crippen molar-refractivity contribution in [3.8, 4) is 0 Å². The highest BCUT2D eigenvalue weighted by molar-refractivity contribution is 4.86. The summed E-state index contributed by atoms with van der Waals surface area (Å²) >= 11 is 0. The molecule has 1 N–H and O–H groups in total. The van der Waals surface area contributed by atoms with Gasteiger partial charge in [-0.25, -0.2) is 0 Å². The van der Waals surface area contributed by atoms with Gasteiger partial charge in [-0.05, 0) is 26.2 Å². The quantitative estimate of drug-likeness (QED) is 0.654. The van der Waals surface area contributed by atoms with Gasteiger partial charge < -0.3 is 5.32 Å². The molecule has 0 aromatic heterocycles. The van der Waals surface area contributed by atoms with E-state index in [0.29, 0.717) is 6.42 Å². The lowest BCUT2D eigenvalue weighted by atomic mass is 9.96. The van der Waals surface area contributed by atoms with E-state index >= 15 is 0 Å². The second kappa shape index (κ2) is 3.24. The van der Waals surface area contributed by atoms with E-state index in [1.807, 2.05) is 13.8 Å². The molecule has 1 aliphatic rings. The highest BCUT2D eigenvalue weighted by Crippen LogP contribution is 2.32. The number of rotatable bonds is 1. The minimum absolute atomic E-state index is 0.00150. The van der Waals surface area contributed by atoms with Crippen LogP contribution in [-0.4, -0.2) is 18.3 Å². The van der Waals surface area contributed by atoms with Crippen LogP contribution in [0.1, 0.15) is 26.7 Å². The summed E-state index contributed by atoms with van der Waals surface area (Å²) in [6.07, 6.45) is -4.02. The second-order valence-corrected chi connectivity index (χ2v) is 3.67. The third-order valence-corrected chi connectivity index (χ3v) is 2.40. The Bertz CT molecular complexity index is 155. The zero-order valence-corrected chi connectivity index (χ0v) is 7.28. The smallest absolute Gasteiger partial charge is 0.311 e. The molecule has 1 rings (SSSR count). The van der Waals surface area contributed by atoms with Gasteiger partial charge in [-0.2, -0.15) is 13.2 Å². The van der Waals surface area contributed by atoms with Gasteiger partial charge in [0, 0.05) is 18.5 Å². The van der Waals surface area contributed by atoms with Crippen LogP contribution in [0.15, 0.2) is 0 Å². The maximum Gasteiger partial charge on any atom is 0.389 e. The first-order valence-corrected chi connectivity index (χ1v) is 4.21. The molecule has 1 nitrogen and oxygen atoms in total. The van der Waals surface area contributed by atoms with Gasteiger partial charge in [-0.3, -0.25) is 0 Å². The van der Waals surface area contributed by atoms with Crippen molar-refractivity contribution in [1.29, 1.82) is 0 Å². The van der Waals surface area contributed by atoms with E-state index in [2.05, 4.69) is 5.32 Å². The molecule has 72 valence electrons. The molecule has 4 heteroatoms. The first-order valence-electron chi connectivity index (χ1n) is 4.21. The molecule has 0 spiro atoms. The molecular formula is C8H14F3N. The molecule has 1 fully saturated rings. The van der Waals surface area contributed by atoms with Crippen molar-refractivity contribution in [2.45, 2.75) is 44.9 Å². The number of hydrogen-bond donors (Lipinski definition) is 1. The molecule has 0 bridgehead atoms. The van der Waals surface area contributed by atoms with Crippen molar-refractivity contribution < 1.29 is 13.2 Å². The number of halogens is 3. The van der Waals surface area contributed by atoms with Gasteiger partial charge in [-0.15, -0.1) is 0 Å². The van der Waals surface area contributed by atoms with Gasteiger partial charge in [0.1, 0.15) is 0 Å². The van der Waals surface area contributed by atoms with Crippen LogP contribution in [-0.2, 0) is 0 Å². The summed E-state index contributed by atoms with van der Waals surface area (Å²) in [6, 6.07) is 0.231. The van der Waals surface area contributed by atoms with Gasteiger partial charge in [0.2, 0.25) is 0 Å². The molecule has 1 aliphatic heterocycles. The minimum atomic E-state index is -4.01. The normalized spacial score (nSPS) is 37.2. The van der Waals surface area contributed by atoms with Crippen molar-refractivity contribution in [2.24, 2.45) is 5.92 Å². The maximum atomic E-state index is 12.0. The Kier molecular flexibility index (Phi) is 2.66. The summed E-state index contributed by atoms with van der Waals surface area (Å²) in [5.74, 6) is -0.236. The predicted molar refractivity (Wildman–Crippen MR) is 40.8 cm³/mol. The first-order chi connectivity index (χ1) is 5.38. The van der Waals surface area contributed by atoms with Crippen LogP contribution in [0, 0.1) is 5.92 Å². The zero-order chi connectivity index (χ0) is 9.35. The Hall–Kier alpha value is -0.250. The maximum absolute atomic E-state index is 12.0. The Morgan fingerprint density at radius 2 is 1.92 bits per heavy atom. The van der Waals surface area contributed by atoms with Crippen molar-refractivity contribution in [3.63, 3.8) is 0 Å². The fourth-order valence-electron chi connectivity index (χ4n) is 1.87. The number of hydrogen-bond acceptors (Lipinski definition) is 1. The Balaban J connectivity index is 2.43. The van der Waals surface area contributed by atoms with Gasteiger partial charge in [0.25, 0.3) is 0 Å². The molecule has 0 amide bonds. The third-order valence-electron chi connectivity index (χ3n) is 2.40. The first kappa shape index (κ1) is 9.84. The lowest BCUT2D eigenvalue weighted by Gasteiger charge is -2.16. The van der Waals surface area contributed by atoms with E-state index in [0.717, 1.165) is 0 Å². The van der Waals surface area contributed by atoms with E-state index in [4.69, 9.17) is 0 Å². The molecule has 0 aromatic carbocycles. The molecular weight excluding hydrogens is 167 g/mol. The third kappa shape index (κ3) is 2.66. The van der Waals surface area contributed by atoms with Crippen LogP contribution in [0.3, 0.4) is 0 Å². The molecule has 1 saturated heterocycles. The molecule has 0 unspecified atom stereocenters. The summed E-state index contributed by atoms with van der Waals surface area (Å²) in [7, 11) is 0. The van der Waals surface area contributed by atoms with E-state index in [-0.39, 0.29) is 18.0 Å². The van der Waals surface area contributed by atoms with E-state index in [1.54, 1.807) is 0 Å². The van der Waals surface area contributed by atoms with Crippen LogP contribution in [0.2, 0.25) is 0 Å². The van der Waals surface area contributed by atoms with Crippen molar-refractivity contribution >= 4 is 0 Å². The average molecular weight is 181 g/mol. The van der Waals surface area contributed by atoms with Gasteiger partial charge in [0.15, 0.2) is 0 Å². The molecule has 12 heavy (non-hydrogen) atoms. The predicted octanol–water partition coefficient (Wildman–Crippen LogP) is 2.33. The zero-order valence-electron chi connectivity index (χ0n) is 7.28. The van der Waals surface area contributed by atoms with Crippen LogP contribution >= 0.6 is 0 Å². The second-order valence-electron chi connectivity index (χ2n) is 3.67. The van der Waals surface area contributed by atoms with E-state index in [1.165, 1.54) is 0 Å². The Morgan fingerprint density at radius 3 is 2.25 bits per heavy atom. The molecule has 3 atom stereocenters. The van der Waals surface area contributed by atoms with Crippen LogP contribution in [0.5, 0.6) is 0 Å². The standard InChI is InChI=1S/C8H14F3N/c1-5-3-7(6(2)12-5)4-8(9,10)11/h5-7,12H,3-4H2,1-2H3/t5-,6+,7-/m0/s1.